The van der Waals surface area contributed by atoms with E-state index in [-0.39, 0.29) is 5.91 Å². The standard InChI is InChI=1S/C16H21NO3/c1-19-14-8-6-13(12-15(14)20-2)7-9-16(18)17-10-4-3-5-11-17/h6-9,12H,3-5,10-11H2,1-2H3/b9-7+. The number of likely N-dealkylation sites (tertiary alicyclic amines) is 1. The molecule has 1 aliphatic heterocycles. The number of carbonyl (C=O) groups excluding carboxylic acids is 1. The van der Waals surface area contributed by atoms with E-state index in [0.29, 0.717) is 11.5 Å². The lowest BCUT2D eigenvalue weighted by Crippen LogP contribution is -2.34. The largest absolute Gasteiger partial charge is 0.493 e. The molecule has 0 aliphatic carbocycles. The highest BCUT2D eigenvalue weighted by molar-refractivity contribution is 5.91. The number of methoxy groups -OCH3 is 2. The van der Waals surface area contributed by atoms with Crippen LogP contribution >= 0.6 is 0 Å². The third-order valence-corrected chi connectivity index (χ3v) is 3.49. The monoisotopic (exact) mass is 275 g/mol. The molecular formula is C16H21NO3. The van der Waals surface area contributed by atoms with E-state index in [0.717, 1.165) is 31.5 Å². The van der Waals surface area contributed by atoms with Gasteiger partial charge >= 0.3 is 0 Å². The molecule has 108 valence electrons. The highest BCUT2D eigenvalue weighted by Gasteiger charge is 2.13. The van der Waals surface area contributed by atoms with Crippen LogP contribution in [0.5, 0.6) is 11.5 Å². The van der Waals surface area contributed by atoms with Crippen molar-refractivity contribution in [1.29, 1.82) is 0 Å². The van der Waals surface area contributed by atoms with Crippen molar-refractivity contribution in [3.8, 4) is 11.5 Å². The molecule has 1 fully saturated rings. The maximum atomic E-state index is 12.0. The van der Waals surface area contributed by atoms with Crippen LogP contribution in [0.1, 0.15) is 24.8 Å². The van der Waals surface area contributed by atoms with Gasteiger partial charge in [-0.1, -0.05) is 6.07 Å². The third-order valence-electron chi connectivity index (χ3n) is 3.49. The van der Waals surface area contributed by atoms with Crippen molar-refractivity contribution in [3.05, 3.63) is 29.8 Å². The van der Waals surface area contributed by atoms with Crippen molar-refractivity contribution in [2.24, 2.45) is 0 Å². The molecule has 1 aromatic carbocycles. The molecule has 0 spiro atoms. The van der Waals surface area contributed by atoms with Crippen LogP contribution in [0.4, 0.5) is 0 Å². The van der Waals surface area contributed by atoms with Crippen molar-refractivity contribution >= 4 is 12.0 Å². The molecule has 0 aromatic heterocycles. The molecule has 20 heavy (non-hydrogen) atoms. The second-order valence-electron chi connectivity index (χ2n) is 4.83. The van der Waals surface area contributed by atoms with E-state index in [1.807, 2.05) is 29.2 Å². The summed E-state index contributed by atoms with van der Waals surface area (Å²) in [5.41, 5.74) is 0.924. The molecule has 0 radical (unpaired) electrons. The molecule has 1 aliphatic rings. The summed E-state index contributed by atoms with van der Waals surface area (Å²) in [5.74, 6) is 1.44. The van der Waals surface area contributed by atoms with Crippen LogP contribution < -0.4 is 9.47 Å². The minimum absolute atomic E-state index is 0.0829. The topological polar surface area (TPSA) is 38.8 Å². The summed E-state index contributed by atoms with van der Waals surface area (Å²) in [6.07, 6.45) is 6.89. The van der Waals surface area contributed by atoms with E-state index >= 15 is 0 Å². The quantitative estimate of drug-likeness (QED) is 0.793. The van der Waals surface area contributed by atoms with E-state index in [1.54, 1.807) is 20.3 Å². The third kappa shape index (κ3) is 3.53. The SMILES string of the molecule is COc1ccc(/C=C/C(=O)N2CCCCC2)cc1OC. The lowest BCUT2D eigenvalue weighted by atomic mass is 10.1. The Bertz CT molecular complexity index is 490. The van der Waals surface area contributed by atoms with Crippen LogP contribution in [0.15, 0.2) is 24.3 Å². The van der Waals surface area contributed by atoms with Gasteiger partial charge in [0.1, 0.15) is 0 Å². The molecule has 0 bridgehead atoms. The van der Waals surface area contributed by atoms with Gasteiger partial charge in [-0.15, -0.1) is 0 Å². The molecule has 4 nitrogen and oxygen atoms in total. The minimum Gasteiger partial charge on any atom is -0.493 e. The summed E-state index contributed by atoms with van der Waals surface area (Å²) >= 11 is 0. The van der Waals surface area contributed by atoms with Gasteiger partial charge in [-0.05, 0) is 43.0 Å². The van der Waals surface area contributed by atoms with Crippen molar-refractivity contribution in [3.63, 3.8) is 0 Å². The Kier molecular flexibility index (Phi) is 5.04. The van der Waals surface area contributed by atoms with Crippen LogP contribution in [0.2, 0.25) is 0 Å². The van der Waals surface area contributed by atoms with Gasteiger partial charge in [0.25, 0.3) is 0 Å². The van der Waals surface area contributed by atoms with Crippen molar-refractivity contribution in [2.45, 2.75) is 19.3 Å². The van der Waals surface area contributed by atoms with E-state index in [4.69, 9.17) is 9.47 Å². The summed E-state index contributed by atoms with van der Waals surface area (Å²) < 4.78 is 10.4. The Morgan fingerprint density at radius 1 is 1.10 bits per heavy atom. The average molecular weight is 275 g/mol. The number of ether oxygens (including phenoxy) is 2. The zero-order valence-electron chi connectivity index (χ0n) is 12.1. The number of carbonyl (C=O) groups is 1. The Hall–Kier alpha value is -1.97. The van der Waals surface area contributed by atoms with Crippen molar-refractivity contribution in [1.82, 2.24) is 4.90 Å². The Morgan fingerprint density at radius 3 is 2.45 bits per heavy atom. The molecule has 0 unspecified atom stereocenters. The second kappa shape index (κ2) is 6.98. The minimum atomic E-state index is 0.0829. The first-order valence-electron chi connectivity index (χ1n) is 6.93. The zero-order chi connectivity index (χ0) is 14.4. The normalized spacial score (nSPS) is 15.4. The van der Waals surface area contributed by atoms with E-state index in [1.165, 1.54) is 6.42 Å². The van der Waals surface area contributed by atoms with E-state index in [9.17, 15) is 4.79 Å². The highest BCUT2D eigenvalue weighted by Crippen LogP contribution is 2.28. The van der Waals surface area contributed by atoms with Gasteiger partial charge in [-0.25, -0.2) is 0 Å². The van der Waals surface area contributed by atoms with Gasteiger partial charge in [-0.2, -0.15) is 0 Å². The number of amides is 1. The summed E-state index contributed by atoms with van der Waals surface area (Å²) in [5, 5.41) is 0. The number of hydrogen-bond donors (Lipinski definition) is 0. The van der Waals surface area contributed by atoms with Crippen LogP contribution in [0.3, 0.4) is 0 Å². The van der Waals surface area contributed by atoms with Crippen molar-refractivity contribution < 1.29 is 14.3 Å². The molecule has 0 saturated carbocycles. The van der Waals surface area contributed by atoms with Crippen LogP contribution in [0, 0.1) is 0 Å². The summed E-state index contributed by atoms with van der Waals surface area (Å²) in [6, 6.07) is 5.60. The Labute approximate surface area is 120 Å². The first-order chi connectivity index (χ1) is 9.74. The first-order valence-corrected chi connectivity index (χ1v) is 6.93. The molecular weight excluding hydrogens is 254 g/mol. The van der Waals surface area contributed by atoms with Crippen molar-refractivity contribution in [2.75, 3.05) is 27.3 Å². The molecule has 0 atom stereocenters. The average Bonchev–Trinajstić information content (AvgIpc) is 2.53. The first kappa shape index (κ1) is 14.4. The fraction of sp³-hybridized carbons (Fsp3) is 0.438. The molecule has 1 amide bonds. The zero-order valence-corrected chi connectivity index (χ0v) is 12.1. The van der Waals surface area contributed by atoms with Crippen LogP contribution in [0.25, 0.3) is 6.08 Å². The number of piperidine rings is 1. The lowest BCUT2D eigenvalue weighted by molar-refractivity contribution is -0.126. The maximum Gasteiger partial charge on any atom is 0.246 e. The van der Waals surface area contributed by atoms with Gasteiger partial charge in [0.2, 0.25) is 5.91 Å². The Balaban J connectivity index is 2.04. The van der Waals surface area contributed by atoms with Gasteiger partial charge in [0.05, 0.1) is 14.2 Å². The summed E-state index contributed by atoms with van der Waals surface area (Å²) in [6.45, 7) is 1.74. The molecule has 1 aromatic rings. The summed E-state index contributed by atoms with van der Waals surface area (Å²) in [4.78, 5) is 13.9. The van der Waals surface area contributed by atoms with Crippen LogP contribution in [-0.2, 0) is 4.79 Å². The number of hydrogen-bond acceptors (Lipinski definition) is 3. The van der Waals surface area contributed by atoms with E-state index in [2.05, 4.69) is 0 Å². The molecule has 0 N–H and O–H groups in total. The summed E-state index contributed by atoms with van der Waals surface area (Å²) in [7, 11) is 3.21. The fourth-order valence-corrected chi connectivity index (χ4v) is 2.34. The molecule has 2 rings (SSSR count). The second-order valence-corrected chi connectivity index (χ2v) is 4.83. The van der Waals surface area contributed by atoms with Gasteiger partial charge in [0.15, 0.2) is 11.5 Å². The number of benzene rings is 1. The molecule has 4 heteroatoms. The predicted molar refractivity (Wildman–Crippen MR) is 79.0 cm³/mol. The number of nitrogens with zero attached hydrogens (tertiary/aromatic N) is 1. The van der Waals surface area contributed by atoms with E-state index < -0.39 is 0 Å². The maximum absolute atomic E-state index is 12.0. The Morgan fingerprint density at radius 2 is 1.80 bits per heavy atom. The van der Waals surface area contributed by atoms with Gasteiger partial charge in [0, 0.05) is 19.2 Å². The molecule has 1 heterocycles. The van der Waals surface area contributed by atoms with Gasteiger partial charge < -0.3 is 14.4 Å². The predicted octanol–water partition coefficient (Wildman–Crippen LogP) is 2.73. The smallest absolute Gasteiger partial charge is 0.246 e. The molecule has 1 saturated heterocycles. The van der Waals surface area contributed by atoms with Gasteiger partial charge in [-0.3, -0.25) is 4.79 Å². The lowest BCUT2D eigenvalue weighted by Gasteiger charge is -2.25. The van der Waals surface area contributed by atoms with Crippen LogP contribution in [-0.4, -0.2) is 38.1 Å². The number of rotatable bonds is 4. The fourth-order valence-electron chi connectivity index (χ4n) is 2.34. The highest BCUT2D eigenvalue weighted by atomic mass is 16.5.